The number of benzene rings is 1. The Morgan fingerprint density at radius 3 is 2.93 bits per heavy atom. The first-order valence-electron chi connectivity index (χ1n) is 8.96. The minimum Gasteiger partial charge on any atom is -0.477 e. The third-order valence-corrected chi connectivity index (χ3v) is 6.50. The van der Waals surface area contributed by atoms with Crippen molar-refractivity contribution in [3.8, 4) is 0 Å². The van der Waals surface area contributed by atoms with Gasteiger partial charge in [-0.3, -0.25) is 4.79 Å². The zero-order valence-corrected chi connectivity index (χ0v) is 15.2. The lowest BCUT2D eigenvalue weighted by Gasteiger charge is -2.31. The van der Waals surface area contributed by atoms with E-state index in [-0.39, 0.29) is 16.9 Å². The lowest BCUT2D eigenvalue weighted by atomic mass is 9.98. The number of hydrogen-bond donors (Lipinski definition) is 2. The van der Waals surface area contributed by atoms with Crippen molar-refractivity contribution in [2.75, 3.05) is 11.4 Å². The molecule has 2 N–H and O–H groups in total. The predicted molar refractivity (Wildman–Crippen MR) is 103 cm³/mol. The minimum absolute atomic E-state index is 0.117. The summed E-state index contributed by atoms with van der Waals surface area (Å²) in [6, 6.07) is 3.29. The molecule has 0 unspecified atom stereocenters. The third kappa shape index (κ3) is 2.56. The number of halogens is 1. The fourth-order valence-corrected chi connectivity index (χ4v) is 4.93. The van der Waals surface area contributed by atoms with Crippen molar-refractivity contribution in [1.29, 1.82) is 0 Å². The van der Waals surface area contributed by atoms with Crippen LogP contribution in [0.4, 0.5) is 10.1 Å². The van der Waals surface area contributed by atoms with Gasteiger partial charge >= 0.3 is 5.97 Å². The molecule has 0 bridgehead atoms. The number of anilines is 1. The largest absolute Gasteiger partial charge is 0.477 e. The fourth-order valence-electron chi connectivity index (χ4n) is 4.04. The van der Waals surface area contributed by atoms with Crippen LogP contribution in [0.5, 0.6) is 0 Å². The fraction of sp³-hybridized carbons (Fsp3) is 0.300. The van der Waals surface area contributed by atoms with Gasteiger partial charge in [0.1, 0.15) is 11.4 Å². The molecular weight excluding hydrogens is 367 g/mol. The van der Waals surface area contributed by atoms with Gasteiger partial charge < -0.3 is 15.0 Å². The molecule has 2 aromatic heterocycles. The molecule has 1 saturated carbocycles. The number of aromatic amines is 1. The van der Waals surface area contributed by atoms with Crippen molar-refractivity contribution in [3.05, 3.63) is 61.3 Å². The summed E-state index contributed by atoms with van der Waals surface area (Å²) in [5.74, 6) is -1.55. The molecule has 7 heteroatoms. The summed E-state index contributed by atoms with van der Waals surface area (Å²) in [7, 11) is 0. The first-order chi connectivity index (χ1) is 13.0. The topological polar surface area (TPSA) is 73.4 Å². The Bertz CT molecular complexity index is 1150. The SMILES string of the molecule is O=C(O)c1c[nH]c2c(C3CC3)c(N3CCc4sccc4C3)c(F)cc2c1=O. The second kappa shape index (κ2) is 5.92. The number of carboxylic acids is 1. The maximum Gasteiger partial charge on any atom is 0.341 e. The van der Waals surface area contributed by atoms with Gasteiger partial charge in [-0.2, -0.15) is 0 Å². The summed E-state index contributed by atoms with van der Waals surface area (Å²) < 4.78 is 15.2. The smallest absolute Gasteiger partial charge is 0.341 e. The molecule has 3 heterocycles. The molecule has 0 radical (unpaired) electrons. The summed E-state index contributed by atoms with van der Waals surface area (Å²) in [6.45, 7) is 1.38. The highest BCUT2D eigenvalue weighted by molar-refractivity contribution is 7.10. The second-order valence-electron chi connectivity index (χ2n) is 7.19. The van der Waals surface area contributed by atoms with Gasteiger partial charge in [0.2, 0.25) is 5.43 Å². The first-order valence-corrected chi connectivity index (χ1v) is 9.84. The van der Waals surface area contributed by atoms with Crippen LogP contribution in [-0.4, -0.2) is 22.6 Å². The van der Waals surface area contributed by atoms with Crippen LogP contribution >= 0.6 is 11.3 Å². The van der Waals surface area contributed by atoms with E-state index in [2.05, 4.69) is 21.3 Å². The van der Waals surface area contributed by atoms with Crippen LogP contribution in [0.3, 0.4) is 0 Å². The van der Waals surface area contributed by atoms with Gasteiger partial charge in [-0.25, -0.2) is 9.18 Å². The number of carboxylic acid groups (broad SMARTS) is 1. The summed E-state index contributed by atoms with van der Waals surface area (Å²) in [5, 5.41) is 11.4. The molecule has 1 fully saturated rings. The molecule has 5 rings (SSSR count). The van der Waals surface area contributed by atoms with E-state index in [1.807, 2.05) is 0 Å². The summed E-state index contributed by atoms with van der Waals surface area (Å²) in [6.07, 6.45) is 4.01. The van der Waals surface area contributed by atoms with Crippen LogP contribution in [0.25, 0.3) is 10.9 Å². The van der Waals surface area contributed by atoms with E-state index < -0.39 is 17.2 Å². The molecular formula is C20H17FN2O3S. The lowest BCUT2D eigenvalue weighted by Crippen LogP contribution is -2.31. The maximum atomic E-state index is 15.2. The number of nitrogens with zero attached hydrogens (tertiary/aromatic N) is 1. The standard InChI is InChI=1S/C20H17FN2O3S/c21-14-7-12-17(22-8-13(19(12)24)20(25)26)16(10-1-2-10)18(14)23-5-3-15-11(9-23)4-6-27-15/h4,6-8,10H,1-3,5,9H2,(H,22,24)(H,25,26). The maximum absolute atomic E-state index is 15.2. The van der Waals surface area contributed by atoms with Crippen LogP contribution in [0.2, 0.25) is 0 Å². The van der Waals surface area contributed by atoms with Crippen LogP contribution in [0.1, 0.15) is 45.1 Å². The summed E-state index contributed by atoms with van der Waals surface area (Å²) >= 11 is 1.73. The van der Waals surface area contributed by atoms with E-state index in [4.69, 9.17) is 0 Å². The molecule has 0 atom stereocenters. The second-order valence-corrected chi connectivity index (χ2v) is 8.20. The molecule has 0 saturated heterocycles. The van der Waals surface area contributed by atoms with Crippen LogP contribution in [0, 0.1) is 5.82 Å². The summed E-state index contributed by atoms with van der Waals surface area (Å²) in [5.41, 5.74) is 2.17. The number of aromatic nitrogens is 1. The highest BCUT2D eigenvalue weighted by Gasteiger charge is 2.34. The molecule has 1 aliphatic heterocycles. The van der Waals surface area contributed by atoms with Crippen LogP contribution in [-0.2, 0) is 13.0 Å². The average molecular weight is 384 g/mol. The number of fused-ring (bicyclic) bond motifs is 2. The van der Waals surface area contributed by atoms with Gasteiger partial charge in [0.05, 0.1) is 11.2 Å². The van der Waals surface area contributed by atoms with E-state index in [9.17, 15) is 14.7 Å². The van der Waals surface area contributed by atoms with E-state index >= 15 is 4.39 Å². The van der Waals surface area contributed by atoms with Gasteiger partial charge in [0.25, 0.3) is 0 Å². The Balaban J connectivity index is 1.72. The van der Waals surface area contributed by atoms with Crippen LogP contribution in [0.15, 0.2) is 28.5 Å². The Kier molecular flexibility index (Phi) is 3.62. The van der Waals surface area contributed by atoms with E-state index in [1.54, 1.807) is 11.3 Å². The molecule has 0 spiro atoms. The van der Waals surface area contributed by atoms with E-state index in [0.717, 1.165) is 31.4 Å². The number of nitrogens with one attached hydrogen (secondary N) is 1. The lowest BCUT2D eigenvalue weighted by molar-refractivity contribution is 0.0695. The quantitative estimate of drug-likeness (QED) is 0.719. The van der Waals surface area contributed by atoms with Crippen molar-refractivity contribution < 1.29 is 14.3 Å². The third-order valence-electron chi connectivity index (χ3n) is 5.48. The number of rotatable bonds is 3. The molecule has 5 nitrogen and oxygen atoms in total. The number of carbonyl (C=O) groups is 1. The Morgan fingerprint density at radius 2 is 2.19 bits per heavy atom. The van der Waals surface area contributed by atoms with Crippen molar-refractivity contribution >= 4 is 33.9 Å². The van der Waals surface area contributed by atoms with Crippen molar-refractivity contribution in [1.82, 2.24) is 4.98 Å². The Morgan fingerprint density at radius 1 is 1.37 bits per heavy atom. The normalized spacial score (nSPS) is 16.6. The number of thiophene rings is 1. The molecule has 0 amide bonds. The molecule has 3 aromatic rings. The van der Waals surface area contributed by atoms with Crippen LogP contribution < -0.4 is 10.3 Å². The number of aromatic carboxylic acids is 1. The van der Waals surface area contributed by atoms with Gasteiger partial charge in [-0.1, -0.05) is 0 Å². The van der Waals surface area contributed by atoms with Gasteiger partial charge in [0, 0.05) is 35.1 Å². The molecule has 27 heavy (non-hydrogen) atoms. The average Bonchev–Trinajstić information content (AvgIpc) is 3.37. The van der Waals surface area contributed by atoms with Gasteiger partial charge in [-0.15, -0.1) is 11.3 Å². The summed E-state index contributed by atoms with van der Waals surface area (Å²) in [4.78, 5) is 30.2. The number of pyridine rings is 1. The first kappa shape index (κ1) is 16.5. The zero-order valence-electron chi connectivity index (χ0n) is 14.4. The minimum atomic E-state index is -1.31. The van der Waals surface area contributed by atoms with Crippen molar-refractivity contribution in [2.24, 2.45) is 0 Å². The Labute approximate surface area is 158 Å². The van der Waals surface area contributed by atoms with E-state index in [1.165, 1.54) is 22.7 Å². The van der Waals surface area contributed by atoms with Gasteiger partial charge in [-0.05, 0) is 48.3 Å². The highest BCUT2D eigenvalue weighted by atomic mass is 32.1. The number of hydrogen-bond acceptors (Lipinski definition) is 4. The van der Waals surface area contributed by atoms with E-state index in [0.29, 0.717) is 17.7 Å². The molecule has 138 valence electrons. The highest BCUT2D eigenvalue weighted by Crippen LogP contribution is 2.48. The zero-order chi connectivity index (χ0) is 18.7. The van der Waals surface area contributed by atoms with Gasteiger partial charge in [0.15, 0.2) is 0 Å². The molecule has 1 aromatic carbocycles. The monoisotopic (exact) mass is 384 g/mol. The molecule has 1 aliphatic carbocycles. The Hall–Kier alpha value is -2.67. The number of H-pyrrole nitrogens is 1. The predicted octanol–water partition coefficient (Wildman–Crippen LogP) is 3.87. The van der Waals surface area contributed by atoms with Crippen molar-refractivity contribution in [3.63, 3.8) is 0 Å². The molecule has 2 aliphatic rings. The van der Waals surface area contributed by atoms with Crippen molar-refractivity contribution in [2.45, 2.75) is 31.7 Å².